The minimum Gasteiger partial charge on any atom is -0.457 e. The average molecular weight is 284 g/mol. The summed E-state index contributed by atoms with van der Waals surface area (Å²) in [5.74, 6) is 1.03. The Morgan fingerprint density at radius 1 is 0.905 bits per heavy atom. The van der Waals surface area contributed by atoms with Crippen LogP contribution in [-0.2, 0) is 0 Å². The van der Waals surface area contributed by atoms with Crippen molar-refractivity contribution in [3.05, 3.63) is 66.9 Å². The zero-order valence-electron chi connectivity index (χ0n) is 12.0. The molecule has 3 nitrogen and oxygen atoms in total. The van der Waals surface area contributed by atoms with E-state index in [1.165, 1.54) is 12.1 Å². The number of imidazole rings is 1. The molecule has 0 amide bonds. The second-order valence-corrected chi connectivity index (χ2v) is 4.05. The van der Waals surface area contributed by atoms with Crippen molar-refractivity contribution in [3.8, 4) is 22.8 Å². The molecule has 1 heterocycles. The van der Waals surface area contributed by atoms with E-state index in [-0.39, 0.29) is 5.82 Å². The quantitative estimate of drug-likeness (QED) is 0.732. The number of nitrogens with one attached hydrogen (secondary N) is 1. The number of hydrogen-bond acceptors (Lipinski definition) is 2. The maximum atomic E-state index is 12.8. The standard InChI is InChI=1S/C15H11FN2O.C2H6/c16-12-3-7-14(8-4-12)19-13-5-1-11(2-6-13)15-9-17-10-18-15;1-2/h1-10H,(H,17,18);1-2H3. The molecule has 21 heavy (non-hydrogen) atoms. The fraction of sp³-hybridized carbons (Fsp3) is 0.118. The highest BCUT2D eigenvalue weighted by Crippen LogP contribution is 2.24. The zero-order valence-corrected chi connectivity index (χ0v) is 12.0. The van der Waals surface area contributed by atoms with E-state index in [0.717, 1.165) is 11.3 Å². The summed E-state index contributed by atoms with van der Waals surface area (Å²) < 4.78 is 18.4. The van der Waals surface area contributed by atoms with Crippen molar-refractivity contribution in [2.75, 3.05) is 0 Å². The lowest BCUT2D eigenvalue weighted by molar-refractivity contribution is 0.480. The molecule has 0 aliphatic rings. The van der Waals surface area contributed by atoms with Crippen LogP contribution in [-0.4, -0.2) is 9.97 Å². The molecule has 0 unspecified atom stereocenters. The Hall–Kier alpha value is -2.62. The van der Waals surface area contributed by atoms with Gasteiger partial charge in [-0.25, -0.2) is 9.37 Å². The van der Waals surface area contributed by atoms with Crippen LogP contribution in [0.1, 0.15) is 13.8 Å². The molecule has 1 aromatic heterocycles. The van der Waals surface area contributed by atoms with Crippen LogP contribution in [0.4, 0.5) is 4.39 Å². The highest BCUT2D eigenvalue weighted by molar-refractivity contribution is 5.59. The molecule has 0 radical (unpaired) electrons. The molecule has 0 aliphatic heterocycles. The minimum absolute atomic E-state index is 0.276. The molecule has 2 aromatic carbocycles. The molecule has 0 bridgehead atoms. The number of hydrogen-bond donors (Lipinski definition) is 1. The molecule has 0 saturated carbocycles. The van der Waals surface area contributed by atoms with Crippen molar-refractivity contribution < 1.29 is 9.13 Å². The first-order valence-corrected chi connectivity index (χ1v) is 6.83. The van der Waals surface area contributed by atoms with Crippen molar-refractivity contribution in [2.45, 2.75) is 13.8 Å². The highest BCUT2D eigenvalue weighted by atomic mass is 19.1. The summed E-state index contributed by atoms with van der Waals surface area (Å²) in [5, 5.41) is 0. The topological polar surface area (TPSA) is 37.9 Å². The number of aromatic amines is 1. The smallest absolute Gasteiger partial charge is 0.127 e. The lowest BCUT2D eigenvalue weighted by Gasteiger charge is -2.06. The van der Waals surface area contributed by atoms with Gasteiger partial charge in [-0.3, -0.25) is 0 Å². The summed E-state index contributed by atoms with van der Waals surface area (Å²) >= 11 is 0. The van der Waals surface area contributed by atoms with Gasteiger partial charge in [0.25, 0.3) is 0 Å². The SMILES string of the molecule is CC.Fc1ccc(Oc2ccc(-c3cnc[nH]3)cc2)cc1. The number of nitrogens with zero attached hydrogens (tertiary/aromatic N) is 1. The van der Waals surface area contributed by atoms with E-state index < -0.39 is 0 Å². The van der Waals surface area contributed by atoms with Gasteiger partial charge in [-0.1, -0.05) is 13.8 Å². The fourth-order valence-corrected chi connectivity index (χ4v) is 1.76. The summed E-state index contributed by atoms with van der Waals surface area (Å²) in [6, 6.07) is 13.5. The predicted octanol–water partition coefficient (Wildman–Crippen LogP) is 5.03. The van der Waals surface area contributed by atoms with Gasteiger partial charge in [0, 0.05) is 0 Å². The third kappa shape index (κ3) is 3.92. The lowest BCUT2D eigenvalue weighted by Crippen LogP contribution is -1.85. The molecule has 0 aliphatic carbocycles. The van der Waals surface area contributed by atoms with Crippen LogP contribution in [0, 0.1) is 5.82 Å². The van der Waals surface area contributed by atoms with Gasteiger partial charge in [-0.15, -0.1) is 0 Å². The molecular formula is C17H17FN2O. The van der Waals surface area contributed by atoms with Crippen LogP contribution in [0.2, 0.25) is 0 Å². The lowest BCUT2D eigenvalue weighted by atomic mass is 10.2. The molecule has 1 N–H and O–H groups in total. The van der Waals surface area contributed by atoms with E-state index in [9.17, 15) is 4.39 Å². The average Bonchev–Trinajstić information content (AvgIpc) is 3.07. The highest BCUT2D eigenvalue weighted by Gasteiger charge is 2.01. The molecule has 4 heteroatoms. The van der Waals surface area contributed by atoms with E-state index in [1.54, 1.807) is 24.7 Å². The minimum atomic E-state index is -0.276. The van der Waals surface area contributed by atoms with Crippen molar-refractivity contribution in [1.29, 1.82) is 0 Å². The zero-order chi connectivity index (χ0) is 15.1. The van der Waals surface area contributed by atoms with Crippen LogP contribution in [0.15, 0.2) is 61.1 Å². The van der Waals surface area contributed by atoms with Crippen molar-refractivity contribution in [1.82, 2.24) is 9.97 Å². The molecular weight excluding hydrogens is 267 g/mol. The largest absolute Gasteiger partial charge is 0.457 e. The third-order valence-electron chi connectivity index (χ3n) is 2.71. The van der Waals surface area contributed by atoms with Gasteiger partial charge < -0.3 is 9.72 Å². The second kappa shape index (κ2) is 7.24. The van der Waals surface area contributed by atoms with Gasteiger partial charge in [0.05, 0.1) is 18.2 Å². The van der Waals surface area contributed by atoms with Crippen LogP contribution in [0.5, 0.6) is 11.5 Å². The first kappa shape index (κ1) is 14.8. The maximum Gasteiger partial charge on any atom is 0.127 e. The Labute approximate surface area is 123 Å². The van der Waals surface area contributed by atoms with Gasteiger partial charge in [0.2, 0.25) is 0 Å². The van der Waals surface area contributed by atoms with Crippen molar-refractivity contribution >= 4 is 0 Å². The van der Waals surface area contributed by atoms with Gasteiger partial charge in [0.1, 0.15) is 17.3 Å². The van der Waals surface area contributed by atoms with Crippen LogP contribution in [0.3, 0.4) is 0 Å². The summed E-state index contributed by atoms with van der Waals surface area (Å²) in [7, 11) is 0. The number of H-pyrrole nitrogens is 1. The van der Waals surface area contributed by atoms with E-state index in [4.69, 9.17) is 4.74 Å². The molecule has 0 atom stereocenters. The van der Waals surface area contributed by atoms with E-state index >= 15 is 0 Å². The molecule has 3 rings (SSSR count). The summed E-state index contributed by atoms with van der Waals surface area (Å²) in [6.45, 7) is 4.00. The van der Waals surface area contributed by atoms with Gasteiger partial charge in [-0.2, -0.15) is 0 Å². The van der Waals surface area contributed by atoms with Gasteiger partial charge >= 0.3 is 0 Å². The van der Waals surface area contributed by atoms with Gasteiger partial charge in [0.15, 0.2) is 0 Å². The first-order valence-electron chi connectivity index (χ1n) is 6.83. The van der Waals surface area contributed by atoms with Gasteiger partial charge in [-0.05, 0) is 54.1 Å². The molecule has 3 aromatic rings. The monoisotopic (exact) mass is 284 g/mol. The van der Waals surface area contributed by atoms with E-state index in [0.29, 0.717) is 11.5 Å². The second-order valence-electron chi connectivity index (χ2n) is 4.05. The summed E-state index contributed by atoms with van der Waals surface area (Å²) in [6.07, 6.45) is 3.40. The van der Waals surface area contributed by atoms with Crippen LogP contribution >= 0.6 is 0 Å². The number of ether oxygens (including phenoxy) is 1. The Balaban J connectivity index is 0.000000774. The number of aromatic nitrogens is 2. The Morgan fingerprint density at radius 2 is 1.48 bits per heavy atom. The Kier molecular flexibility index (Phi) is 5.10. The fourth-order valence-electron chi connectivity index (χ4n) is 1.76. The number of rotatable bonds is 3. The molecule has 108 valence electrons. The normalized spacial score (nSPS) is 9.67. The van der Waals surface area contributed by atoms with Crippen molar-refractivity contribution in [3.63, 3.8) is 0 Å². The first-order chi connectivity index (χ1) is 10.3. The van der Waals surface area contributed by atoms with E-state index in [2.05, 4.69) is 9.97 Å². The summed E-state index contributed by atoms with van der Waals surface area (Å²) in [4.78, 5) is 7.01. The molecule has 0 saturated heterocycles. The maximum absolute atomic E-state index is 12.8. The predicted molar refractivity (Wildman–Crippen MR) is 81.8 cm³/mol. The Morgan fingerprint density at radius 3 is 2.00 bits per heavy atom. The third-order valence-corrected chi connectivity index (χ3v) is 2.71. The van der Waals surface area contributed by atoms with Crippen LogP contribution < -0.4 is 4.74 Å². The summed E-state index contributed by atoms with van der Waals surface area (Å²) in [5.41, 5.74) is 1.98. The number of halogens is 1. The molecule has 0 spiro atoms. The molecule has 0 fully saturated rings. The van der Waals surface area contributed by atoms with Crippen molar-refractivity contribution in [2.24, 2.45) is 0 Å². The number of benzene rings is 2. The Bertz CT molecular complexity index is 646. The van der Waals surface area contributed by atoms with E-state index in [1.807, 2.05) is 38.1 Å². The van der Waals surface area contributed by atoms with Crippen LogP contribution in [0.25, 0.3) is 11.3 Å².